The van der Waals surface area contributed by atoms with Crippen molar-refractivity contribution in [1.29, 1.82) is 0 Å². The van der Waals surface area contributed by atoms with Gasteiger partial charge in [-0.3, -0.25) is 9.59 Å². The van der Waals surface area contributed by atoms with Gasteiger partial charge in [-0.05, 0) is 80.4 Å². The molecule has 4 bridgehead atoms. The lowest BCUT2D eigenvalue weighted by molar-refractivity contribution is -0.171. The van der Waals surface area contributed by atoms with Crippen LogP contribution in [0.5, 0.6) is 17.2 Å². The van der Waals surface area contributed by atoms with Gasteiger partial charge in [0.15, 0.2) is 22.8 Å². The molecule has 2 fully saturated rings. The van der Waals surface area contributed by atoms with Gasteiger partial charge in [-0.1, -0.05) is 36.0 Å². The number of ether oxygens (including phenoxy) is 3. The van der Waals surface area contributed by atoms with Crippen LogP contribution in [-0.4, -0.2) is 60.9 Å². The smallest absolute Gasteiger partial charge is 0.330 e. The number of carboxylic acid groups (broad SMARTS) is 1. The largest absolute Gasteiger partial charge is 0.506 e. The van der Waals surface area contributed by atoms with Crippen LogP contribution >= 0.6 is 0 Å². The summed E-state index contributed by atoms with van der Waals surface area (Å²) in [5.74, 6) is -2.58. The average molecular weight is 645 g/mol. The van der Waals surface area contributed by atoms with Crippen molar-refractivity contribution in [1.82, 2.24) is 0 Å². The van der Waals surface area contributed by atoms with Crippen LogP contribution in [0.15, 0.2) is 53.2 Å². The van der Waals surface area contributed by atoms with Crippen LogP contribution in [0.1, 0.15) is 96.1 Å². The maximum atomic E-state index is 14.7. The second kappa shape index (κ2) is 10.5. The Kier molecular flexibility index (Phi) is 7.38. The number of aliphatic carboxylic acids is 1. The number of carbonyl (C=O) groups excluding carboxylic acids is 2. The summed E-state index contributed by atoms with van der Waals surface area (Å²) in [4.78, 5) is 40.8. The van der Waals surface area contributed by atoms with Gasteiger partial charge >= 0.3 is 5.97 Å². The van der Waals surface area contributed by atoms with Gasteiger partial charge in [-0.25, -0.2) is 4.79 Å². The van der Waals surface area contributed by atoms with Gasteiger partial charge in [0, 0.05) is 41.4 Å². The van der Waals surface area contributed by atoms with Gasteiger partial charge < -0.3 is 29.5 Å². The fraction of sp³-hybridized carbons (Fsp3) is 0.500. The SMILES string of the molecule is CC(C)=CCc1c2c(c(O)c3c1O[C@]14C(=C[C@@H]5CC1C(C)(C)OC4(CC=C(C)C(=O)O)C5=O)C3=O)C=CC(C)(CC=CC(C)(C)O)O2. The lowest BCUT2D eigenvalue weighted by Gasteiger charge is -2.56. The molecule has 1 spiro atoms. The summed E-state index contributed by atoms with van der Waals surface area (Å²) < 4.78 is 20.5. The summed E-state index contributed by atoms with van der Waals surface area (Å²) in [7, 11) is 0. The van der Waals surface area contributed by atoms with Crippen LogP contribution in [0.2, 0.25) is 0 Å². The van der Waals surface area contributed by atoms with E-state index in [1.165, 1.54) is 13.0 Å². The summed E-state index contributed by atoms with van der Waals surface area (Å²) in [5, 5.41) is 31.6. The number of hydrogen-bond donors (Lipinski definition) is 3. The molecule has 9 heteroatoms. The van der Waals surface area contributed by atoms with Crippen LogP contribution in [0.25, 0.3) is 6.08 Å². The molecule has 7 rings (SSSR count). The van der Waals surface area contributed by atoms with Crippen LogP contribution in [-0.2, 0) is 20.7 Å². The zero-order valence-corrected chi connectivity index (χ0v) is 28.3. The molecule has 5 atom stereocenters. The molecule has 3 aliphatic carbocycles. The molecule has 47 heavy (non-hydrogen) atoms. The highest BCUT2D eigenvalue weighted by Crippen LogP contribution is 2.68. The van der Waals surface area contributed by atoms with Crippen LogP contribution in [0.3, 0.4) is 0 Å². The van der Waals surface area contributed by atoms with E-state index in [-0.39, 0.29) is 40.4 Å². The Balaban J connectivity index is 1.58. The van der Waals surface area contributed by atoms with Gasteiger partial charge in [0.05, 0.1) is 16.8 Å². The summed E-state index contributed by atoms with van der Waals surface area (Å²) in [6, 6.07) is 0. The Hall–Kier alpha value is -3.95. The summed E-state index contributed by atoms with van der Waals surface area (Å²) in [6.45, 7) is 14.4. The molecule has 1 saturated heterocycles. The topological polar surface area (TPSA) is 140 Å². The van der Waals surface area contributed by atoms with E-state index < -0.39 is 51.6 Å². The predicted molar refractivity (Wildman–Crippen MR) is 176 cm³/mol. The van der Waals surface area contributed by atoms with Crippen molar-refractivity contribution in [2.75, 3.05) is 0 Å². The number of Topliss-reactive ketones (excluding diaryl/α,β-unsaturated/α-hetero) is 2. The van der Waals surface area contributed by atoms with Gasteiger partial charge in [0.1, 0.15) is 28.4 Å². The van der Waals surface area contributed by atoms with Gasteiger partial charge in [0.2, 0.25) is 0 Å². The molecule has 3 aliphatic heterocycles. The minimum Gasteiger partial charge on any atom is -0.506 e. The number of phenolic OH excluding ortho intramolecular Hbond substituents is 1. The van der Waals surface area contributed by atoms with E-state index in [2.05, 4.69) is 0 Å². The van der Waals surface area contributed by atoms with Crippen molar-refractivity contribution in [2.45, 2.75) is 109 Å². The first-order valence-electron chi connectivity index (χ1n) is 16.2. The Labute approximate surface area is 275 Å². The van der Waals surface area contributed by atoms with E-state index in [1.54, 1.807) is 32.1 Å². The standard InChI is InChI=1S/C38H44O9/c1-20(2)10-11-24-30-23(13-16-36(8,45-30)15-9-14-34(4,5)44)28(39)27-29(40)25-18-22-19-26-35(6,7)47-37(32(22)41,17-12-21(3)33(42)43)38(25,26)46-31(24)27/h9-10,12-14,16,18,22,26,39,44H,11,15,17,19H2,1-8H3,(H,42,43)/t22-,26?,36?,37?,38-/m1/s1. The fourth-order valence-electron chi connectivity index (χ4n) is 8.08. The maximum absolute atomic E-state index is 14.7. The zero-order valence-electron chi connectivity index (χ0n) is 28.3. The average Bonchev–Trinajstić information content (AvgIpc) is 3.11. The van der Waals surface area contributed by atoms with Gasteiger partial charge in [0.25, 0.3) is 0 Å². The highest BCUT2D eigenvalue weighted by molar-refractivity contribution is 6.19. The molecule has 0 radical (unpaired) electrons. The van der Waals surface area contributed by atoms with Crippen LogP contribution < -0.4 is 9.47 Å². The molecule has 1 saturated carbocycles. The van der Waals surface area contributed by atoms with Gasteiger partial charge in [-0.2, -0.15) is 0 Å². The molecule has 1 aromatic carbocycles. The molecule has 3 N–H and O–H groups in total. The number of carboxylic acids is 1. The van der Waals surface area contributed by atoms with E-state index in [0.717, 1.165) is 5.57 Å². The highest BCUT2D eigenvalue weighted by Gasteiger charge is 2.81. The van der Waals surface area contributed by atoms with Crippen LogP contribution in [0, 0.1) is 11.8 Å². The van der Waals surface area contributed by atoms with E-state index >= 15 is 0 Å². The Morgan fingerprint density at radius 1 is 1.06 bits per heavy atom. The van der Waals surface area contributed by atoms with Crippen molar-refractivity contribution < 1.29 is 43.9 Å². The molecule has 3 unspecified atom stereocenters. The number of aromatic hydroxyl groups is 1. The molecular weight excluding hydrogens is 600 g/mol. The minimum absolute atomic E-state index is 0.0150. The number of hydrogen-bond acceptors (Lipinski definition) is 8. The van der Waals surface area contributed by atoms with Crippen molar-refractivity contribution >= 4 is 23.6 Å². The van der Waals surface area contributed by atoms with E-state index in [9.17, 15) is 29.7 Å². The van der Waals surface area contributed by atoms with E-state index in [4.69, 9.17) is 14.2 Å². The minimum atomic E-state index is -1.66. The van der Waals surface area contributed by atoms with Gasteiger partial charge in [-0.15, -0.1) is 0 Å². The molecule has 3 heterocycles. The molecule has 0 aromatic heterocycles. The van der Waals surface area contributed by atoms with E-state index in [1.807, 2.05) is 52.8 Å². The Morgan fingerprint density at radius 2 is 1.77 bits per heavy atom. The second-order valence-corrected chi connectivity index (χ2v) is 15.2. The first-order valence-corrected chi connectivity index (χ1v) is 16.2. The third-order valence-corrected chi connectivity index (χ3v) is 10.3. The number of benzene rings is 1. The number of fused-ring (bicyclic) bond motifs is 2. The van der Waals surface area contributed by atoms with Crippen LogP contribution in [0.4, 0.5) is 0 Å². The molecule has 9 nitrogen and oxygen atoms in total. The van der Waals surface area contributed by atoms with Crippen molar-refractivity contribution in [3.8, 4) is 17.2 Å². The van der Waals surface area contributed by atoms with Crippen molar-refractivity contribution in [2.24, 2.45) is 11.8 Å². The zero-order chi connectivity index (χ0) is 34.5. The molecule has 0 amide bonds. The Bertz CT molecular complexity index is 1760. The van der Waals surface area contributed by atoms with Crippen molar-refractivity contribution in [3.63, 3.8) is 0 Å². The number of aliphatic hydroxyl groups is 1. The quantitative estimate of drug-likeness (QED) is 0.223. The van der Waals surface area contributed by atoms with Crippen molar-refractivity contribution in [3.05, 3.63) is 69.9 Å². The normalized spacial score (nSPS) is 31.5. The second-order valence-electron chi connectivity index (χ2n) is 15.2. The predicted octanol–water partition coefficient (Wildman–Crippen LogP) is 6.21. The first-order chi connectivity index (χ1) is 21.8. The third-order valence-electron chi connectivity index (χ3n) is 10.3. The molecule has 6 aliphatic rings. The summed E-state index contributed by atoms with van der Waals surface area (Å²) >= 11 is 0. The monoisotopic (exact) mass is 644 g/mol. The molecule has 250 valence electrons. The number of phenols is 1. The number of carbonyl (C=O) groups is 3. The fourth-order valence-corrected chi connectivity index (χ4v) is 8.08. The third kappa shape index (κ3) is 4.84. The Morgan fingerprint density at radius 3 is 2.40 bits per heavy atom. The highest BCUT2D eigenvalue weighted by atomic mass is 16.6. The number of rotatable bonds is 8. The summed E-state index contributed by atoms with van der Waals surface area (Å²) in [6.07, 6.45) is 13.3. The molecular formula is C38H44O9. The molecule has 1 aromatic rings. The maximum Gasteiger partial charge on any atom is 0.330 e. The first kappa shape index (κ1) is 33.0. The lowest BCUT2D eigenvalue weighted by Crippen LogP contribution is -2.72. The number of ketones is 2. The summed E-state index contributed by atoms with van der Waals surface area (Å²) in [5.41, 5.74) is -3.67. The van der Waals surface area contributed by atoms with E-state index in [0.29, 0.717) is 36.1 Å². The lowest BCUT2D eigenvalue weighted by atomic mass is 9.51. The number of allylic oxidation sites excluding steroid dienone is 3.